The van der Waals surface area contributed by atoms with Gasteiger partial charge in [-0.15, -0.1) is 0 Å². The van der Waals surface area contributed by atoms with Gasteiger partial charge in [-0.3, -0.25) is 0 Å². The number of unbranched alkanes of at least 4 members (excludes halogenated alkanes) is 12. The van der Waals surface area contributed by atoms with Crippen molar-refractivity contribution in [1.29, 1.82) is 0 Å². The first-order valence-corrected chi connectivity index (χ1v) is 10.4. The second-order valence-electron chi connectivity index (χ2n) is 7.30. The van der Waals surface area contributed by atoms with E-state index in [9.17, 15) is 0 Å². The highest BCUT2D eigenvalue weighted by atomic mass is 14.1. The molecular weight excluding hydrogens is 264 g/mol. The third kappa shape index (κ3) is 14.7. The summed E-state index contributed by atoms with van der Waals surface area (Å²) in [4.78, 5) is 0. The summed E-state index contributed by atoms with van der Waals surface area (Å²) in [6.07, 6.45) is 22.7. The number of hydrogen-bond donors (Lipinski definition) is 0. The highest BCUT2D eigenvalue weighted by Crippen LogP contribution is 2.19. The van der Waals surface area contributed by atoms with Gasteiger partial charge in [0.1, 0.15) is 0 Å². The maximum Gasteiger partial charge on any atom is -0.0320 e. The van der Waals surface area contributed by atoms with Crippen molar-refractivity contribution in [2.24, 2.45) is 0 Å². The van der Waals surface area contributed by atoms with Crippen molar-refractivity contribution >= 4 is 0 Å². The number of allylic oxidation sites excluding steroid dienone is 2. The van der Waals surface area contributed by atoms with Crippen LogP contribution < -0.4 is 0 Å². The molecule has 0 amide bonds. The molecule has 0 radical (unpaired) electrons. The van der Waals surface area contributed by atoms with Gasteiger partial charge in [0.15, 0.2) is 0 Å². The number of rotatable bonds is 16. The van der Waals surface area contributed by atoms with Crippen LogP contribution in [0, 0.1) is 0 Å². The van der Waals surface area contributed by atoms with E-state index < -0.39 is 0 Å². The van der Waals surface area contributed by atoms with Crippen LogP contribution in [0.3, 0.4) is 0 Å². The minimum Gasteiger partial charge on any atom is -0.0744 e. The molecule has 0 aliphatic carbocycles. The summed E-state index contributed by atoms with van der Waals surface area (Å²) in [5.74, 6) is 0. The molecule has 0 aliphatic heterocycles. The van der Waals surface area contributed by atoms with Gasteiger partial charge < -0.3 is 0 Å². The molecule has 0 saturated carbocycles. The Kier molecular flexibility index (Phi) is 16.9. The van der Waals surface area contributed by atoms with Gasteiger partial charge in [0, 0.05) is 0 Å². The fraction of sp³-hybridized carbons (Fsp3) is 0.909. The highest BCUT2D eigenvalue weighted by Gasteiger charge is 1.99. The smallest absolute Gasteiger partial charge is 0.0320 e. The largest absolute Gasteiger partial charge is 0.0744 e. The second kappa shape index (κ2) is 17.1. The first-order chi connectivity index (χ1) is 10.7. The summed E-state index contributed by atoms with van der Waals surface area (Å²) < 4.78 is 0. The van der Waals surface area contributed by atoms with E-state index in [4.69, 9.17) is 0 Å². The molecule has 0 rings (SSSR count). The predicted octanol–water partition coefficient (Wildman–Crippen LogP) is 8.60. The van der Waals surface area contributed by atoms with Crippen LogP contribution in [0.4, 0.5) is 0 Å². The molecule has 0 N–H and O–H groups in total. The van der Waals surface area contributed by atoms with Crippen molar-refractivity contribution < 1.29 is 0 Å². The van der Waals surface area contributed by atoms with Gasteiger partial charge in [-0.1, -0.05) is 102 Å². The van der Waals surface area contributed by atoms with E-state index in [0.717, 1.165) is 0 Å². The standard InChI is InChI=1S/C22H44/c1-5-7-9-11-13-14-16-18-20-22(4)21(3)19-17-15-12-10-8-6-2/h5-20H2,1-4H3. The second-order valence-corrected chi connectivity index (χ2v) is 7.30. The molecule has 22 heavy (non-hydrogen) atoms. The Labute approximate surface area is 142 Å². The zero-order valence-corrected chi connectivity index (χ0v) is 16.3. The molecule has 0 atom stereocenters. The Balaban J connectivity index is 3.48. The third-order valence-corrected chi connectivity index (χ3v) is 5.04. The monoisotopic (exact) mass is 308 g/mol. The third-order valence-electron chi connectivity index (χ3n) is 5.04. The van der Waals surface area contributed by atoms with Crippen LogP contribution in [0.2, 0.25) is 0 Å². The van der Waals surface area contributed by atoms with Crippen LogP contribution in [0.15, 0.2) is 11.1 Å². The van der Waals surface area contributed by atoms with E-state index in [1.54, 1.807) is 11.1 Å². The summed E-state index contributed by atoms with van der Waals surface area (Å²) in [5, 5.41) is 0. The average molecular weight is 309 g/mol. The molecule has 0 spiro atoms. The lowest BCUT2D eigenvalue weighted by Gasteiger charge is -2.08. The van der Waals surface area contributed by atoms with Gasteiger partial charge in [-0.2, -0.15) is 0 Å². The van der Waals surface area contributed by atoms with Crippen LogP contribution in [0.1, 0.15) is 130 Å². The van der Waals surface area contributed by atoms with Gasteiger partial charge in [-0.25, -0.2) is 0 Å². The maximum absolute atomic E-state index is 2.37. The Morgan fingerprint density at radius 3 is 1.00 bits per heavy atom. The molecule has 0 nitrogen and oxygen atoms in total. The van der Waals surface area contributed by atoms with Crippen molar-refractivity contribution in [3.63, 3.8) is 0 Å². The van der Waals surface area contributed by atoms with Crippen molar-refractivity contribution in [2.45, 2.75) is 130 Å². The van der Waals surface area contributed by atoms with Gasteiger partial charge in [0.05, 0.1) is 0 Å². The molecule has 0 aromatic rings. The zero-order chi connectivity index (χ0) is 16.5. The Bertz CT molecular complexity index is 249. The van der Waals surface area contributed by atoms with Crippen LogP contribution in [0.25, 0.3) is 0 Å². The minimum absolute atomic E-state index is 1.34. The normalized spacial score (nSPS) is 12.5. The Morgan fingerprint density at radius 1 is 0.409 bits per heavy atom. The summed E-state index contributed by atoms with van der Waals surface area (Å²) in [6, 6.07) is 0. The van der Waals surface area contributed by atoms with Crippen LogP contribution in [0.5, 0.6) is 0 Å². The van der Waals surface area contributed by atoms with Crippen molar-refractivity contribution in [2.75, 3.05) is 0 Å². The molecular formula is C22H44. The molecule has 0 aromatic carbocycles. The van der Waals surface area contributed by atoms with Crippen molar-refractivity contribution in [3.05, 3.63) is 11.1 Å². The molecule has 0 bridgehead atoms. The van der Waals surface area contributed by atoms with E-state index in [1.807, 2.05) is 0 Å². The lowest BCUT2D eigenvalue weighted by molar-refractivity contribution is 0.573. The predicted molar refractivity (Wildman–Crippen MR) is 104 cm³/mol. The van der Waals surface area contributed by atoms with Crippen molar-refractivity contribution in [1.82, 2.24) is 0 Å². The average Bonchev–Trinajstić information content (AvgIpc) is 2.52. The lowest BCUT2D eigenvalue weighted by atomic mass is 9.98. The summed E-state index contributed by atoms with van der Waals surface area (Å²) >= 11 is 0. The fourth-order valence-electron chi connectivity index (χ4n) is 3.12. The highest BCUT2D eigenvalue weighted by molar-refractivity contribution is 5.09. The van der Waals surface area contributed by atoms with E-state index in [1.165, 1.54) is 103 Å². The summed E-state index contributed by atoms with van der Waals surface area (Å²) in [7, 11) is 0. The molecule has 0 aromatic heterocycles. The number of hydrogen-bond acceptors (Lipinski definition) is 0. The zero-order valence-electron chi connectivity index (χ0n) is 16.3. The van der Waals surface area contributed by atoms with Crippen LogP contribution in [-0.4, -0.2) is 0 Å². The van der Waals surface area contributed by atoms with Gasteiger partial charge in [0.25, 0.3) is 0 Å². The summed E-state index contributed by atoms with van der Waals surface area (Å²) in [6.45, 7) is 9.32. The van der Waals surface area contributed by atoms with E-state index in [-0.39, 0.29) is 0 Å². The minimum atomic E-state index is 1.34. The molecule has 0 heteroatoms. The molecule has 0 fully saturated rings. The molecule has 0 aliphatic rings. The maximum atomic E-state index is 2.37. The van der Waals surface area contributed by atoms with E-state index in [0.29, 0.717) is 0 Å². The first kappa shape index (κ1) is 21.7. The fourth-order valence-corrected chi connectivity index (χ4v) is 3.12. The van der Waals surface area contributed by atoms with Crippen molar-refractivity contribution in [3.8, 4) is 0 Å². The Morgan fingerprint density at radius 2 is 0.682 bits per heavy atom. The van der Waals surface area contributed by atoms with E-state index in [2.05, 4.69) is 27.7 Å². The molecule has 0 unspecified atom stereocenters. The molecule has 0 saturated heterocycles. The SMILES string of the molecule is CCCCCCCCCCC(C)=C(C)CCCCCCCC. The first-order valence-electron chi connectivity index (χ1n) is 10.4. The lowest BCUT2D eigenvalue weighted by Crippen LogP contribution is -1.88. The van der Waals surface area contributed by atoms with Gasteiger partial charge >= 0.3 is 0 Å². The van der Waals surface area contributed by atoms with Crippen LogP contribution in [-0.2, 0) is 0 Å². The quantitative estimate of drug-likeness (QED) is 0.198. The van der Waals surface area contributed by atoms with E-state index >= 15 is 0 Å². The van der Waals surface area contributed by atoms with Gasteiger partial charge in [0.2, 0.25) is 0 Å². The molecule has 0 heterocycles. The topological polar surface area (TPSA) is 0 Å². The van der Waals surface area contributed by atoms with Gasteiger partial charge in [-0.05, 0) is 39.5 Å². The van der Waals surface area contributed by atoms with Crippen LogP contribution >= 0.6 is 0 Å². The molecule has 132 valence electrons. The summed E-state index contributed by atoms with van der Waals surface area (Å²) in [5.41, 5.74) is 3.36. The Hall–Kier alpha value is -0.260.